The highest BCUT2D eigenvalue weighted by atomic mass is 35.5. The van der Waals surface area contributed by atoms with Crippen molar-refractivity contribution in [3.05, 3.63) is 71.0 Å². The van der Waals surface area contributed by atoms with Crippen LogP contribution in [-0.2, 0) is 0 Å². The number of benzene rings is 2. The Balaban J connectivity index is 1.61. The fourth-order valence-electron chi connectivity index (χ4n) is 2.51. The minimum absolute atomic E-state index is 0.321. The lowest BCUT2D eigenvalue weighted by Crippen LogP contribution is -2.03. The van der Waals surface area contributed by atoms with E-state index in [1.54, 1.807) is 24.4 Å². The number of nitrogens with zero attached hydrogens (tertiary/aromatic N) is 4. The van der Waals surface area contributed by atoms with Gasteiger partial charge in [-0.3, -0.25) is 4.98 Å². The molecule has 0 unspecified atom stereocenters. The first-order valence-electron chi connectivity index (χ1n) is 7.71. The van der Waals surface area contributed by atoms with Crippen molar-refractivity contribution in [1.29, 1.82) is 0 Å². The molecular weight excluding hydrogens is 371 g/mol. The third kappa shape index (κ3) is 3.66. The van der Waals surface area contributed by atoms with Crippen molar-refractivity contribution in [2.45, 2.75) is 0 Å². The molecule has 2 aromatic carbocycles. The van der Waals surface area contributed by atoms with Gasteiger partial charge in [-0.2, -0.15) is 10.1 Å². The highest BCUT2D eigenvalue weighted by Gasteiger charge is 2.06. The lowest BCUT2D eigenvalue weighted by molar-refractivity contribution is 0.982. The van der Waals surface area contributed by atoms with Gasteiger partial charge in [0.05, 0.1) is 17.4 Å². The van der Waals surface area contributed by atoms with Gasteiger partial charge >= 0.3 is 0 Å². The van der Waals surface area contributed by atoms with E-state index in [9.17, 15) is 0 Å². The lowest BCUT2D eigenvalue weighted by Gasteiger charge is -2.09. The van der Waals surface area contributed by atoms with E-state index < -0.39 is 0 Å². The Kier molecular flexibility index (Phi) is 4.51. The number of fused-ring (bicyclic) bond motifs is 1. The molecule has 0 aliphatic carbocycles. The maximum absolute atomic E-state index is 6.01. The average molecular weight is 383 g/mol. The van der Waals surface area contributed by atoms with Crippen molar-refractivity contribution in [2.75, 3.05) is 10.6 Å². The van der Waals surface area contributed by atoms with E-state index in [1.165, 1.54) is 6.20 Å². The Hall–Kier alpha value is -2.96. The first-order valence-corrected chi connectivity index (χ1v) is 8.46. The molecule has 2 aromatic heterocycles. The van der Waals surface area contributed by atoms with Crippen LogP contribution in [0.5, 0.6) is 0 Å². The number of hydrogen-bond acceptors (Lipinski definition) is 6. The average Bonchev–Trinajstić information content (AvgIpc) is 2.61. The van der Waals surface area contributed by atoms with Gasteiger partial charge in [-0.15, -0.1) is 5.10 Å². The van der Waals surface area contributed by atoms with Crippen molar-refractivity contribution < 1.29 is 0 Å². The Morgan fingerprint density at radius 3 is 2.54 bits per heavy atom. The third-order valence-corrected chi connectivity index (χ3v) is 4.01. The van der Waals surface area contributed by atoms with Gasteiger partial charge in [-0.25, -0.2) is 0 Å². The predicted octanol–water partition coefficient (Wildman–Crippen LogP) is 5.21. The van der Waals surface area contributed by atoms with Crippen LogP contribution in [0.25, 0.3) is 10.9 Å². The van der Waals surface area contributed by atoms with Crippen molar-refractivity contribution in [2.24, 2.45) is 0 Å². The maximum Gasteiger partial charge on any atom is 0.249 e. The van der Waals surface area contributed by atoms with Gasteiger partial charge in [0.2, 0.25) is 5.95 Å². The zero-order valence-corrected chi connectivity index (χ0v) is 14.8. The van der Waals surface area contributed by atoms with E-state index in [4.69, 9.17) is 23.2 Å². The molecule has 0 aliphatic rings. The molecule has 0 radical (unpaired) electrons. The number of rotatable bonds is 4. The van der Waals surface area contributed by atoms with Gasteiger partial charge in [-0.1, -0.05) is 41.4 Å². The first-order chi connectivity index (χ1) is 12.7. The van der Waals surface area contributed by atoms with Crippen molar-refractivity contribution >= 4 is 57.2 Å². The molecular formula is C18H12Cl2N6. The highest BCUT2D eigenvalue weighted by molar-refractivity contribution is 6.35. The van der Waals surface area contributed by atoms with Gasteiger partial charge in [-0.05, 0) is 30.3 Å². The molecule has 2 heterocycles. The van der Waals surface area contributed by atoms with E-state index in [1.807, 2.05) is 30.3 Å². The Morgan fingerprint density at radius 2 is 1.69 bits per heavy atom. The van der Waals surface area contributed by atoms with E-state index in [2.05, 4.69) is 30.8 Å². The summed E-state index contributed by atoms with van der Waals surface area (Å²) in [6.07, 6.45) is 3.29. The molecule has 8 heteroatoms. The van der Waals surface area contributed by atoms with Gasteiger partial charge in [0, 0.05) is 27.3 Å². The second kappa shape index (κ2) is 7.11. The summed E-state index contributed by atoms with van der Waals surface area (Å²) in [5.41, 5.74) is 2.36. The zero-order valence-electron chi connectivity index (χ0n) is 13.3. The summed E-state index contributed by atoms with van der Waals surface area (Å²) >= 11 is 12.0. The van der Waals surface area contributed by atoms with E-state index in [0.29, 0.717) is 27.5 Å². The molecule has 6 nitrogen and oxygen atoms in total. The lowest BCUT2D eigenvalue weighted by atomic mass is 10.2. The number of halogens is 2. The van der Waals surface area contributed by atoms with Crippen molar-refractivity contribution in [3.63, 3.8) is 0 Å². The summed E-state index contributed by atoms with van der Waals surface area (Å²) in [4.78, 5) is 8.84. The van der Waals surface area contributed by atoms with Crippen LogP contribution >= 0.6 is 23.2 Å². The number of nitrogens with one attached hydrogen (secondary N) is 2. The fraction of sp³-hybridized carbons (Fsp3) is 0. The van der Waals surface area contributed by atoms with Gasteiger partial charge in [0.1, 0.15) is 0 Å². The normalized spacial score (nSPS) is 10.7. The summed E-state index contributed by atoms with van der Waals surface area (Å²) in [6, 6.07) is 14.9. The largest absolute Gasteiger partial charge is 0.337 e. The van der Waals surface area contributed by atoms with E-state index in [0.717, 1.165) is 16.6 Å². The van der Waals surface area contributed by atoms with E-state index >= 15 is 0 Å². The Bertz CT molecular complexity index is 1060. The molecule has 128 valence electrons. The second-order valence-electron chi connectivity index (χ2n) is 5.45. The van der Waals surface area contributed by atoms with Gasteiger partial charge in [0.15, 0.2) is 5.82 Å². The van der Waals surface area contributed by atoms with E-state index in [-0.39, 0.29) is 0 Å². The van der Waals surface area contributed by atoms with Crippen LogP contribution in [0.15, 0.2) is 60.9 Å². The molecule has 0 amide bonds. The SMILES string of the molecule is Clc1cc(Cl)cc(Nc2nncc(Nc3cccc4cccnc34)n2)c1. The monoisotopic (exact) mass is 382 g/mol. The van der Waals surface area contributed by atoms with Crippen molar-refractivity contribution in [3.8, 4) is 0 Å². The highest BCUT2D eigenvalue weighted by Crippen LogP contribution is 2.26. The number of hydrogen-bond donors (Lipinski definition) is 2. The van der Waals surface area contributed by atoms with Crippen LogP contribution in [0.1, 0.15) is 0 Å². The number of para-hydroxylation sites is 1. The smallest absolute Gasteiger partial charge is 0.249 e. The van der Waals surface area contributed by atoms with Gasteiger partial charge in [0.25, 0.3) is 0 Å². The minimum Gasteiger partial charge on any atom is -0.337 e. The van der Waals surface area contributed by atoms with Crippen LogP contribution in [-0.4, -0.2) is 20.2 Å². The van der Waals surface area contributed by atoms with Crippen LogP contribution in [0.2, 0.25) is 10.0 Å². The molecule has 0 spiro atoms. The van der Waals surface area contributed by atoms with Crippen LogP contribution in [0, 0.1) is 0 Å². The Morgan fingerprint density at radius 1 is 0.885 bits per heavy atom. The summed E-state index contributed by atoms with van der Waals surface area (Å²) in [5, 5.41) is 16.3. The zero-order chi connectivity index (χ0) is 17.9. The van der Waals surface area contributed by atoms with Crippen LogP contribution in [0.3, 0.4) is 0 Å². The molecule has 0 aliphatic heterocycles. The summed E-state index contributed by atoms with van der Waals surface area (Å²) in [5.74, 6) is 0.857. The Labute approximate surface area is 159 Å². The van der Waals surface area contributed by atoms with Crippen molar-refractivity contribution in [1.82, 2.24) is 20.2 Å². The first kappa shape index (κ1) is 16.5. The molecule has 0 fully saturated rings. The topological polar surface area (TPSA) is 75.6 Å². The fourth-order valence-corrected chi connectivity index (χ4v) is 3.04. The number of anilines is 4. The molecule has 4 aromatic rings. The van der Waals surface area contributed by atoms with Gasteiger partial charge < -0.3 is 10.6 Å². The summed E-state index contributed by atoms with van der Waals surface area (Å²) < 4.78 is 0. The molecule has 0 bridgehead atoms. The maximum atomic E-state index is 6.01. The molecule has 0 saturated carbocycles. The summed E-state index contributed by atoms with van der Waals surface area (Å²) in [7, 11) is 0. The molecule has 4 rings (SSSR count). The van der Waals surface area contributed by atoms with Crippen LogP contribution in [0.4, 0.5) is 23.1 Å². The molecule has 2 N–H and O–H groups in total. The standard InChI is InChI=1S/C18H12Cl2N6/c19-12-7-13(20)9-14(8-12)23-18-25-16(10-22-26-18)24-15-5-1-3-11-4-2-6-21-17(11)15/h1-10H,(H2,23,24,25,26). The minimum atomic E-state index is 0.321. The number of aromatic nitrogens is 4. The second-order valence-corrected chi connectivity index (χ2v) is 6.33. The molecule has 0 atom stereocenters. The number of pyridine rings is 1. The molecule has 26 heavy (non-hydrogen) atoms. The summed E-state index contributed by atoms with van der Waals surface area (Å²) in [6.45, 7) is 0. The predicted molar refractivity (Wildman–Crippen MR) is 105 cm³/mol. The van der Waals surface area contributed by atoms with Crippen LogP contribution < -0.4 is 10.6 Å². The quantitative estimate of drug-likeness (QED) is 0.504. The third-order valence-electron chi connectivity index (χ3n) is 3.57. The molecule has 0 saturated heterocycles.